The Bertz CT molecular complexity index is 1010. The summed E-state index contributed by atoms with van der Waals surface area (Å²) in [7, 11) is 1.97. The SMILES string of the molecule is Cc1ccc(-c2nnc(SCc3ncc(-c4ccccc4)o3)n2C)cc1. The van der Waals surface area contributed by atoms with Crippen LogP contribution in [0.1, 0.15) is 11.5 Å². The van der Waals surface area contributed by atoms with E-state index in [1.807, 2.05) is 41.9 Å². The topological polar surface area (TPSA) is 56.7 Å². The van der Waals surface area contributed by atoms with Crippen molar-refractivity contribution < 1.29 is 4.42 Å². The largest absolute Gasteiger partial charge is 0.440 e. The third-order valence-electron chi connectivity index (χ3n) is 4.08. The smallest absolute Gasteiger partial charge is 0.205 e. The molecule has 0 aliphatic heterocycles. The Kier molecular flexibility index (Phi) is 4.58. The van der Waals surface area contributed by atoms with Crippen molar-refractivity contribution in [3.63, 3.8) is 0 Å². The first-order valence-corrected chi connectivity index (χ1v) is 9.28. The van der Waals surface area contributed by atoms with Gasteiger partial charge in [-0.3, -0.25) is 0 Å². The van der Waals surface area contributed by atoms with Crippen LogP contribution in [0, 0.1) is 6.92 Å². The summed E-state index contributed by atoms with van der Waals surface area (Å²) >= 11 is 1.56. The lowest BCUT2D eigenvalue weighted by molar-refractivity contribution is 0.529. The summed E-state index contributed by atoms with van der Waals surface area (Å²) in [5.74, 6) is 2.91. The predicted molar refractivity (Wildman–Crippen MR) is 103 cm³/mol. The van der Waals surface area contributed by atoms with E-state index >= 15 is 0 Å². The van der Waals surface area contributed by atoms with E-state index in [4.69, 9.17) is 4.42 Å². The van der Waals surface area contributed by atoms with Gasteiger partial charge in [0.1, 0.15) is 0 Å². The first kappa shape index (κ1) is 16.6. The molecule has 2 aromatic heterocycles. The first-order valence-electron chi connectivity index (χ1n) is 8.30. The lowest BCUT2D eigenvalue weighted by atomic mass is 10.1. The summed E-state index contributed by atoms with van der Waals surface area (Å²) in [6.07, 6.45) is 1.76. The van der Waals surface area contributed by atoms with Gasteiger partial charge >= 0.3 is 0 Å². The number of aromatic nitrogens is 4. The van der Waals surface area contributed by atoms with Crippen molar-refractivity contribution in [3.8, 4) is 22.7 Å². The molecule has 0 spiro atoms. The number of oxazole rings is 1. The van der Waals surface area contributed by atoms with Crippen LogP contribution in [-0.4, -0.2) is 19.7 Å². The van der Waals surface area contributed by atoms with Crippen molar-refractivity contribution in [3.05, 3.63) is 72.2 Å². The maximum atomic E-state index is 5.85. The molecule has 0 atom stereocenters. The highest BCUT2D eigenvalue weighted by Gasteiger charge is 2.13. The molecular weight excluding hydrogens is 344 g/mol. The van der Waals surface area contributed by atoms with E-state index in [-0.39, 0.29) is 0 Å². The Morgan fingerprint density at radius 1 is 0.962 bits per heavy atom. The van der Waals surface area contributed by atoms with Crippen molar-refractivity contribution >= 4 is 11.8 Å². The molecule has 0 N–H and O–H groups in total. The van der Waals surface area contributed by atoms with Gasteiger partial charge in [0.05, 0.1) is 11.9 Å². The van der Waals surface area contributed by atoms with Crippen molar-refractivity contribution in [1.82, 2.24) is 19.7 Å². The zero-order valence-electron chi connectivity index (χ0n) is 14.6. The standard InChI is InChI=1S/C20H18N4OS/c1-14-8-10-16(11-9-14)19-22-23-20(24(19)2)26-13-18-21-12-17(25-18)15-6-4-3-5-7-15/h3-12H,13H2,1-2H3. The second kappa shape index (κ2) is 7.17. The normalized spacial score (nSPS) is 11.0. The minimum absolute atomic E-state index is 0.604. The Labute approximate surface area is 156 Å². The monoisotopic (exact) mass is 362 g/mol. The molecule has 4 aromatic rings. The van der Waals surface area contributed by atoms with E-state index in [9.17, 15) is 0 Å². The molecule has 0 unspecified atom stereocenters. The molecule has 2 aromatic carbocycles. The van der Waals surface area contributed by atoms with Gasteiger partial charge in [0.15, 0.2) is 16.7 Å². The van der Waals surface area contributed by atoms with Crippen molar-refractivity contribution in [2.75, 3.05) is 0 Å². The predicted octanol–water partition coefficient (Wildman–Crippen LogP) is 4.74. The Balaban J connectivity index is 1.47. The minimum Gasteiger partial charge on any atom is -0.440 e. The molecule has 0 aliphatic rings. The number of hydrogen-bond acceptors (Lipinski definition) is 5. The van der Waals surface area contributed by atoms with Gasteiger partial charge in [0.2, 0.25) is 5.89 Å². The van der Waals surface area contributed by atoms with Crippen molar-refractivity contribution in [2.45, 2.75) is 17.8 Å². The Morgan fingerprint density at radius 3 is 2.50 bits per heavy atom. The highest BCUT2D eigenvalue weighted by Crippen LogP contribution is 2.27. The number of benzene rings is 2. The van der Waals surface area contributed by atoms with Crippen LogP contribution in [0.25, 0.3) is 22.7 Å². The maximum Gasteiger partial charge on any atom is 0.205 e. The summed E-state index contributed by atoms with van der Waals surface area (Å²) in [4.78, 5) is 4.37. The average Bonchev–Trinajstić information content (AvgIpc) is 3.29. The van der Waals surface area contributed by atoms with Crippen LogP contribution in [0.3, 0.4) is 0 Å². The summed E-state index contributed by atoms with van der Waals surface area (Å²) in [5, 5.41) is 9.46. The Hall–Kier alpha value is -2.86. The molecule has 0 saturated heterocycles. The van der Waals surface area contributed by atoms with Crippen LogP contribution in [0.5, 0.6) is 0 Å². The molecule has 6 heteroatoms. The van der Waals surface area contributed by atoms with Crippen molar-refractivity contribution in [2.24, 2.45) is 7.05 Å². The molecule has 130 valence electrons. The average molecular weight is 362 g/mol. The van der Waals surface area contributed by atoms with Crippen LogP contribution >= 0.6 is 11.8 Å². The molecule has 0 bridgehead atoms. The fourth-order valence-corrected chi connectivity index (χ4v) is 3.40. The number of nitrogens with zero attached hydrogens (tertiary/aromatic N) is 4. The van der Waals surface area contributed by atoms with E-state index in [1.165, 1.54) is 5.56 Å². The lowest BCUT2D eigenvalue weighted by Gasteiger charge is -2.03. The summed E-state index contributed by atoms with van der Waals surface area (Å²) in [6, 6.07) is 18.3. The quantitative estimate of drug-likeness (QED) is 0.480. The van der Waals surface area contributed by atoms with Crippen LogP contribution in [0.2, 0.25) is 0 Å². The van der Waals surface area contributed by atoms with E-state index in [1.54, 1.807) is 18.0 Å². The van der Waals surface area contributed by atoms with Crippen molar-refractivity contribution in [1.29, 1.82) is 0 Å². The maximum absolute atomic E-state index is 5.85. The second-order valence-electron chi connectivity index (χ2n) is 6.00. The van der Waals surface area contributed by atoms with Gasteiger partial charge < -0.3 is 8.98 Å². The zero-order chi connectivity index (χ0) is 17.9. The highest BCUT2D eigenvalue weighted by molar-refractivity contribution is 7.98. The first-order chi connectivity index (χ1) is 12.7. The molecule has 26 heavy (non-hydrogen) atoms. The molecule has 0 aliphatic carbocycles. The molecule has 0 saturated carbocycles. The van der Waals surface area contributed by atoms with E-state index in [2.05, 4.69) is 46.4 Å². The van der Waals surface area contributed by atoms with Gasteiger partial charge in [0, 0.05) is 18.2 Å². The van der Waals surface area contributed by atoms with E-state index in [0.29, 0.717) is 11.6 Å². The number of rotatable bonds is 5. The number of thioether (sulfide) groups is 1. The highest BCUT2D eigenvalue weighted by atomic mass is 32.2. The molecule has 0 radical (unpaired) electrons. The van der Waals surface area contributed by atoms with Gasteiger partial charge in [-0.25, -0.2) is 4.98 Å². The molecule has 5 nitrogen and oxygen atoms in total. The van der Waals surface area contributed by atoms with Gasteiger partial charge in [-0.05, 0) is 6.92 Å². The minimum atomic E-state index is 0.604. The fraction of sp³-hybridized carbons (Fsp3) is 0.150. The summed E-state index contributed by atoms with van der Waals surface area (Å²) in [6.45, 7) is 2.07. The zero-order valence-corrected chi connectivity index (χ0v) is 15.4. The lowest BCUT2D eigenvalue weighted by Crippen LogP contribution is -1.95. The molecule has 0 amide bonds. The molecule has 4 rings (SSSR count). The molecule has 2 heterocycles. The van der Waals surface area contributed by atoms with Gasteiger partial charge in [0.25, 0.3) is 0 Å². The molecular formula is C20H18N4OS. The number of hydrogen-bond donors (Lipinski definition) is 0. The van der Waals surface area contributed by atoms with E-state index in [0.717, 1.165) is 27.9 Å². The second-order valence-corrected chi connectivity index (χ2v) is 6.95. The van der Waals surface area contributed by atoms with Crippen LogP contribution in [0.15, 0.2) is 70.4 Å². The van der Waals surface area contributed by atoms with Crippen LogP contribution < -0.4 is 0 Å². The van der Waals surface area contributed by atoms with Crippen LogP contribution in [0.4, 0.5) is 0 Å². The summed E-state index contributed by atoms with van der Waals surface area (Å²) in [5.41, 5.74) is 3.31. The van der Waals surface area contributed by atoms with Gasteiger partial charge in [-0.15, -0.1) is 10.2 Å². The third-order valence-corrected chi connectivity index (χ3v) is 5.09. The molecule has 0 fully saturated rings. The fourth-order valence-electron chi connectivity index (χ4n) is 2.63. The Morgan fingerprint density at radius 2 is 1.73 bits per heavy atom. The third kappa shape index (κ3) is 3.41. The van der Waals surface area contributed by atoms with Crippen LogP contribution in [-0.2, 0) is 12.8 Å². The van der Waals surface area contributed by atoms with E-state index < -0.39 is 0 Å². The van der Waals surface area contributed by atoms with Gasteiger partial charge in [-0.1, -0.05) is 71.9 Å². The van der Waals surface area contributed by atoms with Gasteiger partial charge in [-0.2, -0.15) is 0 Å². The number of aryl methyl sites for hydroxylation is 1. The summed E-state index contributed by atoms with van der Waals surface area (Å²) < 4.78 is 7.84.